The molecule has 0 amide bonds. The van der Waals surface area contributed by atoms with Crippen LogP contribution in [0.25, 0.3) is 22.3 Å². The summed E-state index contributed by atoms with van der Waals surface area (Å²) in [5.74, 6) is -0.133. The third-order valence-electron chi connectivity index (χ3n) is 3.84. The first kappa shape index (κ1) is 15.1. The number of rotatable bonds is 4. The van der Waals surface area contributed by atoms with Crippen molar-refractivity contribution in [1.82, 2.24) is 0 Å². The van der Waals surface area contributed by atoms with Gasteiger partial charge in [0.2, 0.25) is 11.2 Å². The molecule has 0 saturated carbocycles. The van der Waals surface area contributed by atoms with Gasteiger partial charge in [-0.05, 0) is 31.4 Å². The van der Waals surface area contributed by atoms with Crippen molar-refractivity contribution in [3.63, 3.8) is 0 Å². The normalized spacial score (nSPS) is 10.8. The maximum absolute atomic E-state index is 12.7. The van der Waals surface area contributed by atoms with Crippen molar-refractivity contribution >= 4 is 11.0 Å². The van der Waals surface area contributed by atoms with E-state index in [0.29, 0.717) is 23.0 Å². The minimum atomic E-state index is -0.387. The zero-order chi connectivity index (χ0) is 16.4. The summed E-state index contributed by atoms with van der Waals surface area (Å²) in [6, 6.07) is 14.7. The van der Waals surface area contributed by atoms with Crippen molar-refractivity contribution in [2.45, 2.75) is 19.8 Å². The maximum atomic E-state index is 12.7. The summed E-state index contributed by atoms with van der Waals surface area (Å²) in [4.78, 5) is 12.7. The summed E-state index contributed by atoms with van der Waals surface area (Å²) >= 11 is 0. The van der Waals surface area contributed by atoms with Crippen LogP contribution in [-0.4, -0.2) is 5.11 Å². The highest BCUT2D eigenvalue weighted by atomic mass is 16.4. The van der Waals surface area contributed by atoms with Crippen LogP contribution in [0, 0.1) is 0 Å². The second kappa shape index (κ2) is 6.13. The first-order valence-corrected chi connectivity index (χ1v) is 7.55. The van der Waals surface area contributed by atoms with E-state index in [4.69, 9.17) is 4.42 Å². The fourth-order valence-electron chi connectivity index (χ4n) is 2.64. The van der Waals surface area contributed by atoms with E-state index in [1.165, 1.54) is 0 Å². The van der Waals surface area contributed by atoms with Gasteiger partial charge in [-0.3, -0.25) is 4.79 Å². The van der Waals surface area contributed by atoms with Crippen molar-refractivity contribution in [2.24, 2.45) is 0 Å². The quantitative estimate of drug-likeness (QED) is 0.712. The molecule has 3 rings (SSSR count). The Kier molecular flexibility index (Phi) is 4.02. The second-order valence-corrected chi connectivity index (χ2v) is 5.72. The lowest BCUT2D eigenvalue weighted by Gasteiger charge is -2.09. The minimum absolute atomic E-state index is 0.208. The molecule has 3 heteroatoms. The molecule has 23 heavy (non-hydrogen) atoms. The van der Waals surface area contributed by atoms with E-state index < -0.39 is 0 Å². The van der Waals surface area contributed by atoms with Gasteiger partial charge in [0.1, 0.15) is 5.58 Å². The molecule has 0 aliphatic carbocycles. The highest BCUT2D eigenvalue weighted by Crippen LogP contribution is 2.31. The van der Waals surface area contributed by atoms with Crippen molar-refractivity contribution < 1.29 is 9.52 Å². The number of aromatic hydroxyl groups is 1. The topological polar surface area (TPSA) is 50.4 Å². The first-order chi connectivity index (χ1) is 11.1. The Morgan fingerprint density at radius 2 is 1.87 bits per heavy atom. The number of hydrogen-bond acceptors (Lipinski definition) is 3. The van der Waals surface area contributed by atoms with Crippen LogP contribution in [0.1, 0.15) is 18.9 Å². The van der Waals surface area contributed by atoms with E-state index in [1.54, 1.807) is 18.2 Å². The zero-order valence-corrected chi connectivity index (χ0v) is 13.0. The SMILES string of the molecule is C=C(C)CCc1cccc2oc(-c3ccccc3)c(O)c(=O)c12. The Balaban J connectivity index is 2.21. The van der Waals surface area contributed by atoms with Crippen molar-refractivity contribution in [3.05, 3.63) is 76.5 Å². The van der Waals surface area contributed by atoms with Crippen LogP contribution in [0.3, 0.4) is 0 Å². The number of benzene rings is 2. The van der Waals surface area contributed by atoms with Crippen LogP contribution in [0.4, 0.5) is 0 Å². The molecule has 0 spiro atoms. The smallest absolute Gasteiger partial charge is 0.235 e. The lowest BCUT2D eigenvalue weighted by molar-refractivity contribution is 0.449. The molecule has 1 heterocycles. The average molecular weight is 306 g/mol. The highest BCUT2D eigenvalue weighted by Gasteiger charge is 2.17. The molecular weight excluding hydrogens is 288 g/mol. The number of hydrogen-bond donors (Lipinski definition) is 1. The Morgan fingerprint density at radius 3 is 2.57 bits per heavy atom. The number of aryl methyl sites for hydroxylation is 1. The monoisotopic (exact) mass is 306 g/mol. The van der Waals surface area contributed by atoms with Gasteiger partial charge in [0.05, 0.1) is 5.39 Å². The number of allylic oxidation sites excluding steroid dienone is 1. The van der Waals surface area contributed by atoms with Gasteiger partial charge in [-0.25, -0.2) is 0 Å². The van der Waals surface area contributed by atoms with Gasteiger partial charge in [-0.2, -0.15) is 0 Å². The van der Waals surface area contributed by atoms with Crippen LogP contribution >= 0.6 is 0 Å². The Morgan fingerprint density at radius 1 is 1.13 bits per heavy atom. The molecule has 0 atom stereocenters. The van der Waals surface area contributed by atoms with E-state index in [-0.39, 0.29) is 16.9 Å². The van der Waals surface area contributed by atoms with Crippen LogP contribution in [0.5, 0.6) is 5.75 Å². The lowest BCUT2D eigenvalue weighted by atomic mass is 10.0. The summed E-state index contributed by atoms with van der Waals surface area (Å²) in [5.41, 5.74) is 2.70. The number of fused-ring (bicyclic) bond motifs is 1. The average Bonchev–Trinajstić information content (AvgIpc) is 2.56. The molecule has 3 nitrogen and oxygen atoms in total. The van der Waals surface area contributed by atoms with Crippen LogP contribution in [0.15, 0.2) is 69.9 Å². The second-order valence-electron chi connectivity index (χ2n) is 5.72. The van der Waals surface area contributed by atoms with Gasteiger partial charge in [-0.1, -0.05) is 48.0 Å². The predicted molar refractivity (Wildman–Crippen MR) is 92.7 cm³/mol. The molecule has 0 saturated heterocycles. The van der Waals surface area contributed by atoms with Gasteiger partial charge >= 0.3 is 0 Å². The Hall–Kier alpha value is -2.81. The summed E-state index contributed by atoms with van der Waals surface area (Å²) in [7, 11) is 0. The molecule has 3 aromatic rings. The van der Waals surface area contributed by atoms with Crippen molar-refractivity contribution in [3.8, 4) is 17.1 Å². The Bertz CT molecular complexity index is 921. The van der Waals surface area contributed by atoms with Gasteiger partial charge in [0.25, 0.3) is 0 Å². The summed E-state index contributed by atoms with van der Waals surface area (Å²) in [6.45, 7) is 5.85. The molecule has 0 radical (unpaired) electrons. The molecule has 2 aromatic carbocycles. The van der Waals surface area contributed by atoms with Crippen molar-refractivity contribution in [2.75, 3.05) is 0 Å². The molecule has 0 aliphatic rings. The molecule has 0 unspecified atom stereocenters. The zero-order valence-electron chi connectivity index (χ0n) is 13.0. The van der Waals surface area contributed by atoms with Crippen LogP contribution in [-0.2, 0) is 6.42 Å². The van der Waals surface area contributed by atoms with E-state index >= 15 is 0 Å². The molecule has 1 N–H and O–H groups in total. The van der Waals surface area contributed by atoms with E-state index in [9.17, 15) is 9.90 Å². The standard InChI is InChI=1S/C20H18O3/c1-13(2)11-12-14-9-6-10-16-17(14)18(21)19(22)20(23-16)15-7-4-3-5-8-15/h3-10,22H,1,11-12H2,2H3. The summed E-state index contributed by atoms with van der Waals surface area (Å²) in [5, 5.41) is 10.8. The van der Waals surface area contributed by atoms with Gasteiger partial charge < -0.3 is 9.52 Å². The van der Waals surface area contributed by atoms with Gasteiger partial charge in [0.15, 0.2) is 5.76 Å². The lowest BCUT2D eigenvalue weighted by Crippen LogP contribution is -2.06. The van der Waals surface area contributed by atoms with Gasteiger partial charge in [-0.15, -0.1) is 6.58 Å². The van der Waals surface area contributed by atoms with E-state index in [2.05, 4.69) is 6.58 Å². The van der Waals surface area contributed by atoms with Crippen LogP contribution in [0.2, 0.25) is 0 Å². The fraction of sp³-hybridized carbons (Fsp3) is 0.150. The van der Waals surface area contributed by atoms with E-state index in [1.807, 2.05) is 37.3 Å². The molecule has 0 fully saturated rings. The summed E-state index contributed by atoms with van der Waals surface area (Å²) < 4.78 is 5.83. The predicted octanol–water partition coefficient (Wildman–Crippen LogP) is 4.67. The third kappa shape index (κ3) is 2.90. The van der Waals surface area contributed by atoms with Gasteiger partial charge in [0, 0.05) is 5.56 Å². The Labute approximate surface area is 134 Å². The molecule has 0 aliphatic heterocycles. The first-order valence-electron chi connectivity index (χ1n) is 7.55. The van der Waals surface area contributed by atoms with Crippen molar-refractivity contribution in [1.29, 1.82) is 0 Å². The molecular formula is C20H18O3. The van der Waals surface area contributed by atoms with Crippen LogP contribution < -0.4 is 5.43 Å². The largest absolute Gasteiger partial charge is 0.502 e. The molecule has 116 valence electrons. The molecule has 1 aromatic heterocycles. The summed E-state index contributed by atoms with van der Waals surface area (Å²) in [6.07, 6.45) is 1.49. The maximum Gasteiger partial charge on any atom is 0.235 e. The molecule has 0 bridgehead atoms. The highest BCUT2D eigenvalue weighted by molar-refractivity contribution is 5.84. The third-order valence-corrected chi connectivity index (χ3v) is 3.84. The van der Waals surface area contributed by atoms with E-state index in [0.717, 1.165) is 17.6 Å². The fourth-order valence-corrected chi connectivity index (χ4v) is 2.64. The minimum Gasteiger partial charge on any atom is -0.502 e.